The fourth-order valence-electron chi connectivity index (χ4n) is 2.26. The molecule has 0 radical (unpaired) electrons. The highest BCUT2D eigenvalue weighted by Crippen LogP contribution is 2.33. The molecule has 0 saturated carbocycles. The van der Waals surface area contributed by atoms with Crippen LogP contribution in [0.5, 0.6) is 0 Å². The van der Waals surface area contributed by atoms with Gasteiger partial charge in [0.25, 0.3) is 0 Å². The average molecular weight is 305 g/mol. The van der Waals surface area contributed by atoms with E-state index < -0.39 is 0 Å². The number of carbonyl (C=O) groups is 2. The summed E-state index contributed by atoms with van der Waals surface area (Å²) in [7, 11) is 0. The second kappa shape index (κ2) is 3.92. The van der Waals surface area contributed by atoms with Crippen molar-refractivity contribution >= 4 is 27.5 Å². The van der Waals surface area contributed by atoms with Gasteiger partial charge in [0.2, 0.25) is 5.78 Å². The molecule has 0 amide bonds. The fourth-order valence-corrected chi connectivity index (χ4v) is 2.79. The zero-order chi connectivity index (χ0) is 12.9. The molecule has 90 valence electrons. The molecule has 0 unspecified atom stereocenters. The Morgan fingerprint density at radius 1 is 1.11 bits per heavy atom. The first kappa shape index (κ1) is 11.4. The molecular weight excluding hydrogens is 296 g/mol. The van der Waals surface area contributed by atoms with Crippen LogP contribution in [0.1, 0.15) is 43.4 Å². The van der Waals surface area contributed by atoms with Crippen molar-refractivity contribution in [1.82, 2.24) is 0 Å². The van der Waals surface area contributed by atoms with Crippen molar-refractivity contribution in [3.63, 3.8) is 0 Å². The molecule has 4 heteroatoms. The third-order valence-corrected chi connectivity index (χ3v) is 3.73. The number of hydrogen-bond donors (Lipinski definition) is 0. The number of benzene rings is 1. The largest absolute Gasteiger partial charge is 0.456 e. The lowest BCUT2D eigenvalue weighted by atomic mass is 9.87. The molecule has 1 heterocycles. The van der Waals surface area contributed by atoms with Crippen LogP contribution in [0, 0.1) is 6.92 Å². The fraction of sp³-hybridized carbons (Fsp3) is 0.143. The van der Waals surface area contributed by atoms with Gasteiger partial charge in [0.05, 0.1) is 10.9 Å². The van der Waals surface area contributed by atoms with Crippen molar-refractivity contribution in [1.29, 1.82) is 0 Å². The number of hydrogen-bond acceptors (Lipinski definition) is 3. The number of alkyl halides is 1. The first-order chi connectivity index (χ1) is 8.65. The van der Waals surface area contributed by atoms with E-state index in [-0.39, 0.29) is 17.3 Å². The molecule has 0 spiro atoms. The summed E-state index contributed by atoms with van der Waals surface area (Å²) in [6, 6.07) is 6.84. The van der Waals surface area contributed by atoms with Crippen LogP contribution in [-0.2, 0) is 5.33 Å². The van der Waals surface area contributed by atoms with Crippen molar-refractivity contribution in [2.75, 3.05) is 0 Å². The van der Waals surface area contributed by atoms with E-state index in [1.807, 2.05) is 0 Å². The molecule has 0 saturated heterocycles. The highest BCUT2D eigenvalue weighted by Gasteiger charge is 2.35. The van der Waals surface area contributed by atoms with E-state index in [0.717, 1.165) is 5.56 Å². The maximum atomic E-state index is 12.4. The monoisotopic (exact) mass is 304 g/mol. The lowest BCUT2D eigenvalue weighted by Crippen LogP contribution is -2.19. The highest BCUT2D eigenvalue weighted by atomic mass is 79.9. The van der Waals surface area contributed by atoms with Crippen molar-refractivity contribution in [2.45, 2.75) is 12.3 Å². The minimum absolute atomic E-state index is 0.131. The summed E-state index contributed by atoms with van der Waals surface area (Å²) in [5.41, 5.74) is 2.03. The minimum Gasteiger partial charge on any atom is -0.456 e. The van der Waals surface area contributed by atoms with E-state index in [9.17, 15) is 9.59 Å². The highest BCUT2D eigenvalue weighted by molar-refractivity contribution is 9.08. The second-order valence-electron chi connectivity index (χ2n) is 4.19. The van der Waals surface area contributed by atoms with Crippen LogP contribution < -0.4 is 0 Å². The van der Waals surface area contributed by atoms with Crippen LogP contribution >= 0.6 is 15.9 Å². The summed E-state index contributed by atoms with van der Waals surface area (Å²) in [5.74, 6) is 0.462. The van der Waals surface area contributed by atoms with Gasteiger partial charge in [0, 0.05) is 16.7 Å². The van der Waals surface area contributed by atoms with E-state index in [0.29, 0.717) is 27.8 Å². The van der Waals surface area contributed by atoms with Crippen molar-refractivity contribution in [2.24, 2.45) is 0 Å². The van der Waals surface area contributed by atoms with Crippen LogP contribution in [0.2, 0.25) is 0 Å². The maximum absolute atomic E-state index is 12.4. The molecule has 0 N–H and O–H groups in total. The Morgan fingerprint density at radius 2 is 1.72 bits per heavy atom. The summed E-state index contributed by atoms with van der Waals surface area (Å²) < 4.78 is 5.51. The standard InChI is InChI=1S/C14H9BrO3/c1-7-10(6-15)18-14-11(7)12(16)8-4-2-3-5-9(8)13(14)17/h2-5H,6H2,1H3. The van der Waals surface area contributed by atoms with Gasteiger partial charge in [0.15, 0.2) is 11.5 Å². The summed E-state index contributed by atoms with van der Waals surface area (Å²) in [5, 5.41) is 0.489. The van der Waals surface area contributed by atoms with Gasteiger partial charge in [-0.15, -0.1) is 0 Å². The van der Waals surface area contributed by atoms with E-state index in [1.54, 1.807) is 31.2 Å². The van der Waals surface area contributed by atoms with E-state index in [4.69, 9.17) is 4.42 Å². The van der Waals surface area contributed by atoms with Crippen LogP contribution in [0.15, 0.2) is 28.7 Å². The topological polar surface area (TPSA) is 47.3 Å². The van der Waals surface area contributed by atoms with Gasteiger partial charge in [-0.25, -0.2) is 0 Å². The van der Waals surface area contributed by atoms with Crippen LogP contribution in [0.4, 0.5) is 0 Å². The Balaban J connectivity index is 2.32. The molecule has 3 rings (SSSR count). The van der Waals surface area contributed by atoms with Crippen LogP contribution in [-0.4, -0.2) is 11.6 Å². The quantitative estimate of drug-likeness (QED) is 0.648. The Morgan fingerprint density at radius 3 is 2.33 bits per heavy atom. The summed E-state index contributed by atoms with van der Waals surface area (Å²) in [4.78, 5) is 24.6. The van der Waals surface area contributed by atoms with Gasteiger partial charge in [-0.2, -0.15) is 0 Å². The van der Waals surface area contributed by atoms with Gasteiger partial charge in [-0.3, -0.25) is 9.59 Å². The van der Waals surface area contributed by atoms with Crippen molar-refractivity contribution in [3.8, 4) is 0 Å². The van der Waals surface area contributed by atoms with Gasteiger partial charge < -0.3 is 4.42 Å². The molecule has 1 aliphatic rings. The van der Waals surface area contributed by atoms with Gasteiger partial charge in [-0.1, -0.05) is 40.2 Å². The van der Waals surface area contributed by atoms with Gasteiger partial charge >= 0.3 is 0 Å². The molecular formula is C14H9BrO3. The number of ketones is 2. The van der Waals surface area contributed by atoms with Gasteiger partial charge in [-0.05, 0) is 6.92 Å². The normalized spacial score (nSPS) is 13.4. The lowest BCUT2D eigenvalue weighted by Gasteiger charge is -2.12. The van der Waals surface area contributed by atoms with Crippen molar-refractivity contribution < 1.29 is 14.0 Å². The Hall–Kier alpha value is -1.68. The van der Waals surface area contributed by atoms with E-state index in [2.05, 4.69) is 15.9 Å². The molecule has 0 fully saturated rings. The first-order valence-corrected chi connectivity index (χ1v) is 6.64. The molecule has 3 nitrogen and oxygen atoms in total. The summed E-state index contributed by atoms with van der Waals surface area (Å²) in [6.07, 6.45) is 0. The Labute approximate surface area is 112 Å². The molecule has 0 atom stereocenters. The number of halogens is 1. The van der Waals surface area contributed by atoms with Crippen molar-refractivity contribution in [3.05, 3.63) is 58.0 Å². The predicted molar refractivity (Wildman–Crippen MR) is 69.4 cm³/mol. The second-order valence-corrected chi connectivity index (χ2v) is 4.75. The summed E-state index contributed by atoms with van der Waals surface area (Å²) >= 11 is 3.29. The predicted octanol–water partition coefficient (Wildman–Crippen LogP) is 3.26. The first-order valence-electron chi connectivity index (χ1n) is 5.51. The SMILES string of the molecule is Cc1c(CBr)oc2c1C(=O)c1ccccc1C2=O. The smallest absolute Gasteiger partial charge is 0.229 e. The van der Waals surface area contributed by atoms with Crippen LogP contribution in [0.3, 0.4) is 0 Å². The van der Waals surface area contributed by atoms with E-state index >= 15 is 0 Å². The number of furan rings is 1. The zero-order valence-corrected chi connectivity index (χ0v) is 11.2. The molecule has 0 bridgehead atoms. The molecule has 1 aliphatic carbocycles. The van der Waals surface area contributed by atoms with E-state index in [1.165, 1.54) is 0 Å². The average Bonchev–Trinajstić information content (AvgIpc) is 2.73. The molecule has 18 heavy (non-hydrogen) atoms. The summed E-state index contributed by atoms with van der Waals surface area (Å²) in [6.45, 7) is 1.80. The van der Waals surface area contributed by atoms with Crippen LogP contribution in [0.25, 0.3) is 0 Å². The molecule has 1 aromatic heterocycles. The zero-order valence-electron chi connectivity index (χ0n) is 9.62. The minimum atomic E-state index is -0.212. The third kappa shape index (κ3) is 1.35. The molecule has 2 aromatic rings. The molecule has 0 aliphatic heterocycles. The lowest BCUT2D eigenvalue weighted by molar-refractivity contribution is 0.0959. The maximum Gasteiger partial charge on any atom is 0.229 e. The van der Waals surface area contributed by atoms with Gasteiger partial charge in [0.1, 0.15) is 5.76 Å². The number of fused-ring (bicyclic) bond motifs is 2. The Kier molecular flexibility index (Phi) is 2.48. The number of carbonyl (C=O) groups excluding carboxylic acids is 2. The number of rotatable bonds is 1. The third-order valence-electron chi connectivity index (χ3n) is 3.22. The Bertz CT molecular complexity index is 682. The molecule has 1 aromatic carbocycles.